The van der Waals surface area contributed by atoms with Gasteiger partial charge in [0.1, 0.15) is 5.78 Å². The maximum atomic E-state index is 11.0. The Morgan fingerprint density at radius 1 is 1.07 bits per heavy atom. The van der Waals surface area contributed by atoms with Gasteiger partial charge in [-0.05, 0) is 25.7 Å². The number of hydrogen-bond donors (Lipinski definition) is 0. The van der Waals surface area contributed by atoms with Gasteiger partial charge in [0.2, 0.25) is 0 Å². The Morgan fingerprint density at radius 2 is 1.79 bits per heavy atom. The first-order chi connectivity index (χ1) is 6.81. The van der Waals surface area contributed by atoms with E-state index in [0.29, 0.717) is 12.2 Å². The van der Waals surface area contributed by atoms with E-state index >= 15 is 0 Å². The lowest BCUT2D eigenvalue weighted by Gasteiger charge is -1.93. The Morgan fingerprint density at radius 3 is 2.43 bits per heavy atom. The van der Waals surface area contributed by atoms with Gasteiger partial charge in [-0.3, -0.25) is 4.79 Å². The molecule has 0 bridgehead atoms. The van der Waals surface area contributed by atoms with Gasteiger partial charge < -0.3 is 0 Å². The summed E-state index contributed by atoms with van der Waals surface area (Å²) < 4.78 is 0. The summed E-state index contributed by atoms with van der Waals surface area (Å²) in [7, 11) is 0. The number of hydrogen-bond acceptors (Lipinski definition) is 1. The van der Waals surface area contributed by atoms with Crippen LogP contribution in [-0.4, -0.2) is 5.78 Å². The van der Waals surface area contributed by atoms with E-state index in [9.17, 15) is 4.79 Å². The molecule has 0 N–H and O–H groups in total. The Hall–Kier alpha value is -0.850. The first-order valence-corrected chi connectivity index (χ1v) is 5.63. The van der Waals surface area contributed by atoms with Crippen LogP contribution in [0.2, 0.25) is 0 Å². The summed E-state index contributed by atoms with van der Waals surface area (Å²) in [5.74, 6) is 0.379. The first-order valence-electron chi connectivity index (χ1n) is 5.63. The van der Waals surface area contributed by atoms with Crippen molar-refractivity contribution in [3.8, 4) is 0 Å². The van der Waals surface area contributed by atoms with E-state index in [1.165, 1.54) is 0 Å². The monoisotopic (exact) mass is 194 g/mol. The van der Waals surface area contributed by atoms with E-state index < -0.39 is 0 Å². The fourth-order valence-corrected chi connectivity index (χ4v) is 1.15. The van der Waals surface area contributed by atoms with Gasteiger partial charge in [-0.25, -0.2) is 0 Å². The molecule has 0 amide bonds. The molecule has 14 heavy (non-hydrogen) atoms. The molecule has 0 heterocycles. The average Bonchev–Trinajstić information content (AvgIpc) is 2.21. The van der Waals surface area contributed by atoms with Crippen molar-refractivity contribution in [2.75, 3.05) is 0 Å². The Kier molecular flexibility index (Phi) is 9.61. The van der Waals surface area contributed by atoms with Gasteiger partial charge in [0, 0.05) is 12.8 Å². The van der Waals surface area contributed by atoms with Crippen LogP contribution in [0.4, 0.5) is 0 Å². The average molecular weight is 194 g/mol. The van der Waals surface area contributed by atoms with Crippen molar-refractivity contribution in [1.82, 2.24) is 0 Å². The molecule has 0 unspecified atom stereocenters. The molecule has 0 aliphatic heterocycles. The molecule has 0 spiro atoms. The van der Waals surface area contributed by atoms with Crippen LogP contribution < -0.4 is 0 Å². The molecule has 0 aromatic rings. The molecule has 0 saturated heterocycles. The van der Waals surface area contributed by atoms with Crippen LogP contribution in [-0.2, 0) is 4.79 Å². The lowest BCUT2D eigenvalue weighted by Crippen LogP contribution is -1.93. The van der Waals surface area contributed by atoms with Crippen LogP contribution >= 0.6 is 0 Å². The summed E-state index contributed by atoms with van der Waals surface area (Å²) in [6.45, 7) is 4.06. The second-order valence-corrected chi connectivity index (χ2v) is 3.37. The fourth-order valence-electron chi connectivity index (χ4n) is 1.15. The zero-order chi connectivity index (χ0) is 10.6. The Labute approximate surface area is 87.9 Å². The molecule has 80 valence electrons. The smallest absolute Gasteiger partial charge is 0.132 e. The van der Waals surface area contributed by atoms with Crippen molar-refractivity contribution >= 4 is 5.78 Å². The van der Waals surface area contributed by atoms with Gasteiger partial charge in [-0.1, -0.05) is 38.2 Å². The summed E-state index contributed by atoms with van der Waals surface area (Å²) >= 11 is 0. The molecule has 0 rings (SSSR count). The van der Waals surface area contributed by atoms with E-state index in [2.05, 4.69) is 31.2 Å². The molecule has 0 saturated carbocycles. The quantitative estimate of drug-likeness (QED) is 0.421. The van der Waals surface area contributed by atoms with Crippen molar-refractivity contribution in [1.29, 1.82) is 0 Å². The molecule has 1 nitrogen and oxygen atoms in total. The van der Waals surface area contributed by atoms with Gasteiger partial charge in [-0.15, -0.1) is 0 Å². The summed E-state index contributed by atoms with van der Waals surface area (Å²) in [5, 5.41) is 0. The molecule has 0 aromatic carbocycles. The number of carbonyl (C=O) groups is 1. The Balaban J connectivity index is 3.27. The lowest BCUT2D eigenvalue weighted by atomic mass is 10.1. The highest BCUT2D eigenvalue weighted by atomic mass is 16.1. The van der Waals surface area contributed by atoms with Crippen LogP contribution in [0, 0.1) is 0 Å². The van der Waals surface area contributed by atoms with Crippen molar-refractivity contribution in [2.24, 2.45) is 0 Å². The molecule has 0 aliphatic rings. The second kappa shape index (κ2) is 10.2. The van der Waals surface area contributed by atoms with Crippen molar-refractivity contribution < 1.29 is 4.79 Å². The maximum Gasteiger partial charge on any atom is 0.132 e. The molecule has 0 fully saturated rings. The first kappa shape index (κ1) is 13.2. The standard InChI is InChI=1S/C13H22O/c1-3-5-6-7-8-9-10-11-12-13(14)4-2/h5-6,8-9H,3-4,7,10-12H2,1-2H3/b6-5-,9-8-. The minimum absolute atomic E-state index is 0.379. The molecule has 0 aliphatic carbocycles. The molecular formula is C13H22O. The molecule has 0 aromatic heterocycles. The Bertz CT molecular complexity index is 189. The SMILES string of the molecule is CC/C=C\C/C=C\CCCC(=O)CC. The van der Waals surface area contributed by atoms with E-state index in [0.717, 1.165) is 32.1 Å². The largest absolute Gasteiger partial charge is 0.300 e. The predicted octanol–water partition coefficient (Wildman–Crippen LogP) is 4.05. The van der Waals surface area contributed by atoms with E-state index in [-0.39, 0.29) is 0 Å². The normalized spacial score (nSPS) is 11.6. The van der Waals surface area contributed by atoms with Gasteiger partial charge in [0.15, 0.2) is 0 Å². The highest BCUT2D eigenvalue weighted by Gasteiger charge is 1.94. The van der Waals surface area contributed by atoms with Crippen LogP contribution in [0.15, 0.2) is 24.3 Å². The topological polar surface area (TPSA) is 17.1 Å². The summed E-state index contributed by atoms with van der Waals surface area (Å²) in [4.78, 5) is 11.0. The fraction of sp³-hybridized carbons (Fsp3) is 0.615. The van der Waals surface area contributed by atoms with Crippen LogP contribution in [0.1, 0.15) is 52.4 Å². The third-order valence-electron chi connectivity index (χ3n) is 2.06. The van der Waals surface area contributed by atoms with Crippen LogP contribution in [0.25, 0.3) is 0 Å². The number of ketones is 1. The second-order valence-electron chi connectivity index (χ2n) is 3.37. The van der Waals surface area contributed by atoms with Gasteiger partial charge in [0.25, 0.3) is 0 Å². The number of allylic oxidation sites excluding steroid dienone is 4. The number of unbranched alkanes of at least 4 members (excludes halogenated alkanes) is 1. The van der Waals surface area contributed by atoms with Crippen molar-refractivity contribution in [2.45, 2.75) is 52.4 Å². The minimum atomic E-state index is 0.379. The van der Waals surface area contributed by atoms with Crippen LogP contribution in [0.5, 0.6) is 0 Å². The highest BCUT2D eigenvalue weighted by Crippen LogP contribution is 2.00. The third kappa shape index (κ3) is 9.24. The third-order valence-corrected chi connectivity index (χ3v) is 2.06. The van der Waals surface area contributed by atoms with Crippen molar-refractivity contribution in [3.05, 3.63) is 24.3 Å². The zero-order valence-electron chi connectivity index (χ0n) is 9.46. The van der Waals surface area contributed by atoms with E-state index in [1.807, 2.05) is 6.92 Å². The predicted molar refractivity (Wildman–Crippen MR) is 62.3 cm³/mol. The van der Waals surface area contributed by atoms with Gasteiger partial charge in [0.05, 0.1) is 0 Å². The summed E-state index contributed by atoms with van der Waals surface area (Å²) in [5.41, 5.74) is 0. The van der Waals surface area contributed by atoms with Gasteiger partial charge in [-0.2, -0.15) is 0 Å². The molecule has 1 heteroatoms. The van der Waals surface area contributed by atoms with E-state index in [1.54, 1.807) is 0 Å². The van der Waals surface area contributed by atoms with Crippen molar-refractivity contribution in [3.63, 3.8) is 0 Å². The number of carbonyl (C=O) groups excluding carboxylic acids is 1. The highest BCUT2D eigenvalue weighted by molar-refractivity contribution is 5.77. The molecule has 0 radical (unpaired) electrons. The zero-order valence-corrected chi connectivity index (χ0v) is 9.46. The maximum absolute atomic E-state index is 11.0. The molecule has 0 atom stereocenters. The molecular weight excluding hydrogens is 172 g/mol. The van der Waals surface area contributed by atoms with Gasteiger partial charge >= 0.3 is 0 Å². The van der Waals surface area contributed by atoms with E-state index in [4.69, 9.17) is 0 Å². The summed E-state index contributed by atoms with van der Waals surface area (Å²) in [6, 6.07) is 0. The lowest BCUT2D eigenvalue weighted by molar-refractivity contribution is -0.118. The number of rotatable bonds is 8. The van der Waals surface area contributed by atoms with Crippen LogP contribution in [0.3, 0.4) is 0 Å². The number of Topliss-reactive ketones (excluding diaryl/α,β-unsaturated/α-hetero) is 1. The minimum Gasteiger partial charge on any atom is -0.300 e. The summed E-state index contributed by atoms with van der Waals surface area (Å²) in [6.07, 6.45) is 14.3.